The minimum Gasteiger partial charge on any atom is -0.507 e. The van der Waals surface area contributed by atoms with Gasteiger partial charge in [0.05, 0.1) is 4.47 Å². The molecule has 9 heavy (non-hydrogen) atoms. The van der Waals surface area contributed by atoms with Crippen molar-refractivity contribution >= 4 is 29.2 Å². The highest BCUT2D eigenvalue weighted by atomic mass is 79.9. The summed E-state index contributed by atoms with van der Waals surface area (Å²) in [6, 6.07) is 4.83. The van der Waals surface area contributed by atoms with Gasteiger partial charge < -0.3 is 5.11 Å². The fourth-order valence-corrected chi connectivity index (χ4v) is 0.920. The van der Waals surface area contributed by atoms with Gasteiger partial charge in [0, 0.05) is 0 Å². The molecule has 0 aliphatic carbocycles. The van der Waals surface area contributed by atoms with E-state index in [0.717, 1.165) is 0 Å². The Labute approximate surface area is 63.2 Å². The van der Waals surface area contributed by atoms with Crippen LogP contribution in [0.4, 0.5) is 0 Å². The first-order chi connectivity index (χ1) is 4.20. The molecule has 0 aliphatic rings. The molecule has 0 aromatic heterocycles. The lowest BCUT2D eigenvalue weighted by Crippen LogP contribution is -1.99. The van der Waals surface area contributed by atoms with Gasteiger partial charge in [0.1, 0.15) is 13.6 Å². The monoisotopic (exact) mass is 182 g/mol. The molecule has 3 heteroatoms. The fraction of sp³-hybridized carbons (Fsp3) is 0. The zero-order valence-corrected chi connectivity index (χ0v) is 6.22. The molecule has 0 aliphatic heterocycles. The molecule has 0 saturated carbocycles. The number of halogens is 1. The Balaban J connectivity index is 3.17. The number of hydrogen-bond donors (Lipinski definition) is 1. The molecule has 0 unspecified atom stereocenters. The van der Waals surface area contributed by atoms with Gasteiger partial charge in [0.2, 0.25) is 0 Å². The van der Waals surface area contributed by atoms with Crippen molar-refractivity contribution in [2.45, 2.75) is 0 Å². The third-order valence-electron chi connectivity index (χ3n) is 0.972. The van der Waals surface area contributed by atoms with E-state index < -0.39 is 0 Å². The van der Waals surface area contributed by atoms with E-state index in [0.29, 0.717) is 9.94 Å². The largest absolute Gasteiger partial charge is 0.507 e. The van der Waals surface area contributed by atoms with Crippen LogP contribution in [0.2, 0.25) is 0 Å². The topological polar surface area (TPSA) is 20.2 Å². The third kappa shape index (κ3) is 1.48. The van der Waals surface area contributed by atoms with Crippen LogP contribution in [0.5, 0.6) is 5.75 Å². The Morgan fingerprint density at radius 1 is 1.44 bits per heavy atom. The summed E-state index contributed by atoms with van der Waals surface area (Å²) in [6.07, 6.45) is 0. The van der Waals surface area contributed by atoms with Crippen molar-refractivity contribution in [2.24, 2.45) is 0 Å². The highest BCUT2D eigenvalue weighted by Crippen LogP contribution is 2.20. The van der Waals surface area contributed by atoms with Crippen molar-refractivity contribution in [3.63, 3.8) is 0 Å². The van der Waals surface area contributed by atoms with Gasteiger partial charge in [-0.2, -0.15) is 0 Å². The van der Waals surface area contributed by atoms with E-state index in [1.54, 1.807) is 18.2 Å². The molecule has 1 aromatic rings. The number of phenolic OH excluding ortho intramolecular Hbond substituents is 1. The summed E-state index contributed by atoms with van der Waals surface area (Å²) in [5, 5.41) is 8.94. The SMILES string of the molecule is [B]c1ccc(O)c(Br)c1. The van der Waals surface area contributed by atoms with Crippen LogP contribution >= 0.6 is 15.9 Å². The van der Waals surface area contributed by atoms with Crippen LogP contribution in [0.3, 0.4) is 0 Å². The molecule has 0 atom stereocenters. The van der Waals surface area contributed by atoms with E-state index in [2.05, 4.69) is 15.9 Å². The maximum absolute atomic E-state index is 8.94. The zero-order chi connectivity index (χ0) is 6.85. The van der Waals surface area contributed by atoms with Crippen molar-refractivity contribution in [1.29, 1.82) is 0 Å². The lowest BCUT2D eigenvalue weighted by molar-refractivity contribution is 0.472. The molecule has 1 aromatic carbocycles. The van der Waals surface area contributed by atoms with Gasteiger partial charge in [-0.05, 0) is 22.0 Å². The summed E-state index contributed by atoms with van der Waals surface area (Å²) in [5.74, 6) is 0.212. The molecule has 0 bridgehead atoms. The molecule has 1 rings (SSSR count). The molecule has 0 fully saturated rings. The van der Waals surface area contributed by atoms with Gasteiger partial charge in [-0.1, -0.05) is 17.6 Å². The molecular formula is C6H4BBrO. The Morgan fingerprint density at radius 3 is 2.56 bits per heavy atom. The fourth-order valence-electron chi connectivity index (χ4n) is 0.523. The van der Waals surface area contributed by atoms with Crippen molar-refractivity contribution in [2.75, 3.05) is 0 Å². The average molecular weight is 183 g/mol. The summed E-state index contributed by atoms with van der Waals surface area (Å²) in [5.41, 5.74) is 0.639. The van der Waals surface area contributed by atoms with Gasteiger partial charge in [-0.3, -0.25) is 0 Å². The molecular weight excluding hydrogens is 179 g/mol. The summed E-state index contributed by atoms with van der Waals surface area (Å²) in [7, 11) is 5.39. The quantitative estimate of drug-likeness (QED) is 0.593. The second kappa shape index (κ2) is 2.44. The summed E-state index contributed by atoms with van der Waals surface area (Å²) in [4.78, 5) is 0. The van der Waals surface area contributed by atoms with E-state index in [1.807, 2.05) is 0 Å². The second-order valence-electron chi connectivity index (χ2n) is 1.71. The van der Waals surface area contributed by atoms with E-state index in [4.69, 9.17) is 13.0 Å². The van der Waals surface area contributed by atoms with E-state index in [9.17, 15) is 0 Å². The van der Waals surface area contributed by atoms with Crippen molar-refractivity contribution < 1.29 is 5.11 Å². The minimum absolute atomic E-state index is 0.212. The van der Waals surface area contributed by atoms with Crippen LogP contribution in [0, 0.1) is 0 Å². The molecule has 0 spiro atoms. The summed E-state index contributed by atoms with van der Waals surface area (Å²) >= 11 is 3.12. The molecule has 0 heterocycles. The van der Waals surface area contributed by atoms with Crippen LogP contribution in [-0.4, -0.2) is 13.0 Å². The van der Waals surface area contributed by atoms with E-state index in [-0.39, 0.29) is 5.75 Å². The molecule has 1 nitrogen and oxygen atoms in total. The standard InChI is InChI=1S/C6H4BBrO/c7-4-1-2-6(9)5(8)3-4/h1-3,9H. The summed E-state index contributed by atoms with van der Waals surface area (Å²) in [6.45, 7) is 0. The lowest BCUT2D eigenvalue weighted by Gasteiger charge is -1.95. The number of aromatic hydroxyl groups is 1. The maximum atomic E-state index is 8.94. The van der Waals surface area contributed by atoms with E-state index in [1.165, 1.54) is 0 Å². The van der Waals surface area contributed by atoms with Gasteiger partial charge >= 0.3 is 0 Å². The summed E-state index contributed by atoms with van der Waals surface area (Å²) < 4.78 is 0.627. The molecule has 1 N–H and O–H groups in total. The highest BCUT2D eigenvalue weighted by molar-refractivity contribution is 9.10. The third-order valence-corrected chi connectivity index (χ3v) is 1.61. The van der Waals surface area contributed by atoms with E-state index >= 15 is 0 Å². The second-order valence-corrected chi connectivity index (χ2v) is 2.57. The van der Waals surface area contributed by atoms with Gasteiger partial charge in [0.25, 0.3) is 0 Å². The van der Waals surface area contributed by atoms with Crippen molar-refractivity contribution in [3.8, 4) is 5.75 Å². The van der Waals surface area contributed by atoms with Crippen molar-refractivity contribution in [1.82, 2.24) is 0 Å². The minimum atomic E-state index is 0.212. The Kier molecular flexibility index (Phi) is 1.81. The number of benzene rings is 1. The molecule has 44 valence electrons. The van der Waals surface area contributed by atoms with Crippen LogP contribution < -0.4 is 5.46 Å². The van der Waals surface area contributed by atoms with Crippen LogP contribution in [-0.2, 0) is 0 Å². The van der Waals surface area contributed by atoms with Crippen LogP contribution in [0.15, 0.2) is 22.7 Å². The van der Waals surface area contributed by atoms with Gasteiger partial charge in [0.15, 0.2) is 0 Å². The molecule has 2 radical (unpaired) electrons. The first kappa shape index (κ1) is 6.68. The zero-order valence-electron chi connectivity index (χ0n) is 4.63. The number of phenols is 1. The molecule has 0 amide bonds. The molecule has 0 saturated heterocycles. The Morgan fingerprint density at radius 2 is 2.11 bits per heavy atom. The van der Waals surface area contributed by atoms with Crippen LogP contribution in [0.25, 0.3) is 0 Å². The number of rotatable bonds is 0. The lowest BCUT2D eigenvalue weighted by atomic mass is 9.97. The predicted octanol–water partition coefficient (Wildman–Crippen LogP) is 0.948. The normalized spacial score (nSPS) is 9.44. The van der Waals surface area contributed by atoms with Gasteiger partial charge in [-0.25, -0.2) is 0 Å². The predicted molar refractivity (Wildman–Crippen MR) is 41.2 cm³/mol. The Hall–Kier alpha value is -0.435. The smallest absolute Gasteiger partial charge is 0.129 e. The average Bonchev–Trinajstić information content (AvgIpc) is 1.80. The first-order valence-electron chi connectivity index (χ1n) is 2.44. The Bertz CT molecular complexity index is 224. The first-order valence-corrected chi connectivity index (χ1v) is 3.23. The van der Waals surface area contributed by atoms with Crippen LogP contribution in [0.1, 0.15) is 0 Å². The number of hydrogen-bond acceptors (Lipinski definition) is 1. The highest BCUT2D eigenvalue weighted by Gasteiger charge is 1.93. The van der Waals surface area contributed by atoms with Crippen molar-refractivity contribution in [3.05, 3.63) is 22.7 Å². The maximum Gasteiger partial charge on any atom is 0.129 e. The van der Waals surface area contributed by atoms with Gasteiger partial charge in [-0.15, -0.1) is 0 Å².